The van der Waals surface area contributed by atoms with Gasteiger partial charge in [-0.3, -0.25) is 9.59 Å². The van der Waals surface area contributed by atoms with E-state index >= 15 is 0 Å². The van der Waals surface area contributed by atoms with Crippen molar-refractivity contribution in [3.05, 3.63) is 87.4 Å². The zero-order chi connectivity index (χ0) is 17.8. The van der Waals surface area contributed by atoms with Crippen molar-refractivity contribution < 1.29 is 9.59 Å². The van der Waals surface area contributed by atoms with Crippen LogP contribution in [0.15, 0.2) is 65.1 Å². The van der Waals surface area contributed by atoms with Crippen LogP contribution in [0.25, 0.3) is 11.1 Å². The number of carbonyl (C=O) groups is 2. The van der Waals surface area contributed by atoms with Crippen molar-refractivity contribution in [2.24, 2.45) is 0 Å². The average molecular weight is 394 g/mol. The number of aldehydes is 2. The van der Waals surface area contributed by atoms with Gasteiger partial charge in [-0.05, 0) is 56.7 Å². The Kier molecular flexibility index (Phi) is 5.10. The van der Waals surface area contributed by atoms with Crippen molar-refractivity contribution in [3.63, 3.8) is 0 Å². The van der Waals surface area contributed by atoms with Gasteiger partial charge in [0.15, 0.2) is 12.6 Å². The van der Waals surface area contributed by atoms with Crippen molar-refractivity contribution in [1.29, 1.82) is 0 Å². The second-order valence-electron chi connectivity index (χ2n) is 5.74. The molecule has 124 valence electrons. The van der Waals surface area contributed by atoms with Crippen LogP contribution in [-0.2, 0) is 6.42 Å². The highest BCUT2D eigenvalue weighted by molar-refractivity contribution is 9.10. The fraction of sp³-hybridized carbons (Fsp3) is 0.0476. The Bertz CT molecular complexity index is 924. The number of rotatable bonds is 2. The second-order valence-corrected chi connectivity index (χ2v) is 6.53. The van der Waals surface area contributed by atoms with E-state index < -0.39 is 0 Å². The number of hydrogen-bond donors (Lipinski definition) is 1. The summed E-state index contributed by atoms with van der Waals surface area (Å²) in [5, 5.41) is 0. The number of halogens is 1. The summed E-state index contributed by atoms with van der Waals surface area (Å²) in [5.74, 6) is 0. The first kappa shape index (κ1) is 17.1. The molecule has 0 spiro atoms. The normalized spacial score (nSPS) is 10.9. The third-order valence-electron chi connectivity index (χ3n) is 4.13. The molecule has 0 aromatic heterocycles. The molecule has 0 amide bonds. The molecule has 0 saturated heterocycles. The quantitative estimate of drug-likeness (QED) is 0.388. The lowest BCUT2D eigenvalue weighted by atomic mass is 10.1. The number of carbonyl (C=O) groups excluding carboxylic acids is 2. The molecule has 3 aromatic rings. The lowest BCUT2D eigenvalue weighted by Gasteiger charge is -2.00. The highest BCUT2D eigenvalue weighted by atomic mass is 79.9. The van der Waals surface area contributed by atoms with Gasteiger partial charge in [-0.25, -0.2) is 0 Å². The van der Waals surface area contributed by atoms with Gasteiger partial charge in [0.05, 0.1) is 0 Å². The van der Waals surface area contributed by atoms with Gasteiger partial charge in [0.1, 0.15) is 0 Å². The van der Waals surface area contributed by atoms with Crippen LogP contribution in [0.1, 0.15) is 31.8 Å². The first-order valence-electron chi connectivity index (χ1n) is 7.79. The van der Waals surface area contributed by atoms with Crippen LogP contribution in [-0.4, -0.2) is 12.6 Å². The zero-order valence-electron chi connectivity index (χ0n) is 13.4. The highest BCUT2D eigenvalue weighted by Gasteiger charge is 2.16. The molecular formula is C21H16BrNO2. The number of fused-ring (bicyclic) bond motifs is 3. The van der Waals surface area contributed by atoms with E-state index in [1.165, 1.54) is 22.3 Å². The Morgan fingerprint density at radius 2 is 1.44 bits per heavy atom. The van der Waals surface area contributed by atoms with Gasteiger partial charge in [0, 0.05) is 21.3 Å². The van der Waals surface area contributed by atoms with E-state index in [-0.39, 0.29) is 0 Å². The minimum atomic E-state index is 0.495. The standard InChI is InChI=1S/C13H11N.C8H5BrO2/c14-11-5-6-13-10(8-11)7-9-3-1-2-4-12(9)13;9-8-6(4-10)2-1-3-7(8)5-11/h1-6,8H,7,14H2;1-5H. The Morgan fingerprint density at radius 1 is 0.800 bits per heavy atom. The van der Waals surface area contributed by atoms with Gasteiger partial charge < -0.3 is 5.73 Å². The summed E-state index contributed by atoms with van der Waals surface area (Å²) in [6.07, 6.45) is 2.44. The molecule has 0 atom stereocenters. The summed E-state index contributed by atoms with van der Waals surface area (Å²) in [6, 6.07) is 19.7. The van der Waals surface area contributed by atoms with Crippen LogP contribution in [0, 0.1) is 0 Å². The summed E-state index contributed by atoms with van der Waals surface area (Å²) >= 11 is 3.14. The van der Waals surface area contributed by atoms with Crippen molar-refractivity contribution in [2.45, 2.75) is 6.42 Å². The molecule has 4 rings (SSSR count). The molecule has 25 heavy (non-hydrogen) atoms. The molecule has 0 bridgehead atoms. The van der Waals surface area contributed by atoms with Crippen LogP contribution in [0.4, 0.5) is 5.69 Å². The van der Waals surface area contributed by atoms with Crippen LogP contribution < -0.4 is 5.73 Å². The predicted octanol–water partition coefficient (Wildman–Crippen LogP) is 4.91. The van der Waals surface area contributed by atoms with Gasteiger partial charge in [0.25, 0.3) is 0 Å². The number of nitrogen functional groups attached to an aromatic ring is 1. The second kappa shape index (κ2) is 7.45. The smallest absolute Gasteiger partial charge is 0.151 e. The molecule has 1 aliphatic rings. The van der Waals surface area contributed by atoms with Gasteiger partial charge in [0.2, 0.25) is 0 Å². The maximum absolute atomic E-state index is 10.3. The minimum absolute atomic E-state index is 0.495. The van der Waals surface area contributed by atoms with Crippen LogP contribution >= 0.6 is 15.9 Å². The SMILES string of the molecule is Nc1ccc2c(c1)Cc1ccccc1-2.O=Cc1cccc(C=O)c1Br. The number of hydrogen-bond acceptors (Lipinski definition) is 3. The van der Waals surface area contributed by atoms with E-state index in [0.717, 1.165) is 12.1 Å². The number of benzene rings is 3. The molecule has 0 heterocycles. The van der Waals surface area contributed by atoms with Crippen molar-refractivity contribution in [3.8, 4) is 11.1 Å². The third kappa shape index (κ3) is 3.54. The molecule has 0 unspecified atom stereocenters. The third-order valence-corrected chi connectivity index (χ3v) is 5.05. The fourth-order valence-corrected chi connectivity index (χ4v) is 3.37. The Balaban J connectivity index is 0.000000151. The topological polar surface area (TPSA) is 60.2 Å². The molecule has 0 saturated carbocycles. The molecule has 0 aliphatic heterocycles. The largest absolute Gasteiger partial charge is 0.399 e. The molecule has 4 heteroatoms. The van der Waals surface area contributed by atoms with Crippen molar-refractivity contribution in [2.75, 3.05) is 5.73 Å². The monoisotopic (exact) mass is 393 g/mol. The molecule has 3 nitrogen and oxygen atoms in total. The summed E-state index contributed by atoms with van der Waals surface area (Å²) in [4.78, 5) is 20.7. The van der Waals surface area contributed by atoms with E-state index in [4.69, 9.17) is 5.73 Å². The molecule has 2 N–H and O–H groups in total. The van der Waals surface area contributed by atoms with Gasteiger partial charge >= 0.3 is 0 Å². The van der Waals surface area contributed by atoms with E-state index in [9.17, 15) is 9.59 Å². The summed E-state index contributed by atoms with van der Waals surface area (Å²) in [7, 11) is 0. The van der Waals surface area contributed by atoms with Gasteiger partial charge in [-0.2, -0.15) is 0 Å². The Morgan fingerprint density at radius 3 is 2.12 bits per heavy atom. The summed E-state index contributed by atoms with van der Waals surface area (Å²) < 4.78 is 0.560. The first-order valence-corrected chi connectivity index (χ1v) is 8.59. The van der Waals surface area contributed by atoms with Crippen LogP contribution in [0.3, 0.4) is 0 Å². The van der Waals surface area contributed by atoms with Gasteiger partial charge in [-0.15, -0.1) is 0 Å². The van der Waals surface area contributed by atoms with Gasteiger partial charge in [-0.1, -0.05) is 48.5 Å². The molecule has 0 radical (unpaired) electrons. The number of nitrogens with two attached hydrogens (primary N) is 1. The van der Waals surface area contributed by atoms with Crippen LogP contribution in [0.2, 0.25) is 0 Å². The number of anilines is 1. The summed E-state index contributed by atoms with van der Waals surface area (Å²) in [5.41, 5.74) is 13.1. The average Bonchev–Trinajstić information content (AvgIpc) is 3.00. The highest BCUT2D eigenvalue weighted by Crippen LogP contribution is 2.36. The Hall–Kier alpha value is -2.72. The molecule has 0 fully saturated rings. The molecule has 1 aliphatic carbocycles. The first-order chi connectivity index (χ1) is 12.1. The maximum Gasteiger partial charge on any atom is 0.151 e. The predicted molar refractivity (Wildman–Crippen MR) is 104 cm³/mol. The van der Waals surface area contributed by atoms with E-state index in [1.54, 1.807) is 18.2 Å². The molecular weight excluding hydrogens is 378 g/mol. The zero-order valence-corrected chi connectivity index (χ0v) is 15.0. The Labute approximate surface area is 154 Å². The van der Waals surface area contributed by atoms with Crippen molar-refractivity contribution >= 4 is 34.2 Å². The van der Waals surface area contributed by atoms with E-state index in [2.05, 4.69) is 52.3 Å². The summed E-state index contributed by atoms with van der Waals surface area (Å²) in [6.45, 7) is 0. The molecule has 3 aromatic carbocycles. The lowest BCUT2D eigenvalue weighted by Crippen LogP contribution is -1.87. The maximum atomic E-state index is 10.3. The fourth-order valence-electron chi connectivity index (χ4n) is 2.92. The van der Waals surface area contributed by atoms with E-state index in [0.29, 0.717) is 28.2 Å². The van der Waals surface area contributed by atoms with Crippen LogP contribution in [0.5, 0.6) is 0 Å². The van der Waals surface area contributed by atoms with E-state index in [1.807, 2.05) is 6.07 Å². The van der Waals surface area contributed by atoms with Crippen molar-refractivity contribution in [1.82, 2.24) is 0 Å². The minimum Gasteiger partial charge on any atom is -0.399 e. The lowest BCUT2D eigenvalue weighted by molar-refractivity contribution is 0.112.